The Labute approximate surface area is 165 Å². The van der Waals surface area contributed by atoms with Gasteiger partial charge < -0.3 is 0 Å². The number of rotatable bonds is 5. The van der Waals surface area contributed by atoms with E-state index >= 15 is 0 Å². The van der Waals surface area contributed by atoms with Crippen LogP contribution in [0.1, 0.15) is 23.6 Å². The van der Waals surface area contributed by atoms with Crippen LogP contribution in [0.2, 0.25) is 0 Å². The standard InChI is InChI=1S/C21H16N4O4/c1-13(22-23-20-9-7-17(24(26)27)12-21(20)25(28)29)14-6-8-19-16(10-14)11-15-4-2-3-5-18(15)19/h2-10,12,23H,11H2,1H3/b22-13-. The Bertz CT molecular complexity index is 1190. The molecule has 0 amide bonds. The number of nitro benzene ring substituents is 2. The highest BCUT2D eigenvalue weighted by molar-refractivity contribution is 6.00. The van der Waals surface area contributed by atoms with Gasteiger partial charge in [0, 0.05) is 6.07 Å². The van der Waals surface area contributed by atoms with Gasteiger partial charge in [-0.05, 0) is 53.3 Å². The summed E-state index contributed by atoms with van der Waals surface area (Å²) in [5.41, 5.74) is 8.49. The second-order valence-electron chi connectivity index (χ2n) is 6.73. The number of benzene rings is 3. The van der Waals surface area contributed by atoms with Crippen molar-refractivity contribution in [3.05, 3.63) is 97.6 Å². The summed E-state index contributed by atoms with van der Waals surface area (Å²) < 4.78 is 0. The highest BCUT2D eigenvalue weighted by atomic mass is 16.6. The molecule has 1 aliphatic rings. The van der Waals surface area contributed by atoms with Gasteiger partial charge in [0.2, 0.25) is 0 Å². The van der Waals surface area contributed by atoms with Gasteiger partial charge in [-0.25, -0.2) is 0 Å². The molecule has 0 saturated heterocycles. The minimum absolute atomic E-state index is 0.0912. The van der Waals surface area contributed by atoms with Crippen molar-refractivity contribution in [3.8, 4) is 11.1 Å². The second kappa shape index (κ2) is 7.16. The van der Waals surface area contributed by atoms with Crippen molar-refractivity contribution in [2.24, 2.45) is 5.10 Å². The van der Waals surface area contributed by atoms with Gasteiger partial charge >= 0.3 is 5.69 Å². The number of nitrogens with zero attached hydrogens (tertiary/aromatic N) is 3. The van der Waals surface area contributed by atoms with E-state index in [0.29, 0.717) is 5.71 Å². The van der Waals surface area contributed by atoms with Gasteiger partial charge in [0.05, 0.1) is 21.6 Å². The molecular weight excluding hydrogens is 372 g/mol. The average molecular weight is 388 g/mol. The lowest BCUT2D eigenvalue weighted by atomic mass is 10.0. The average Bonchev–Trinajstić information content (AvgIpc) is 3.09. The molecule has 8 heteroatoms. The summed E-state index contributed by atoms with van der Waals surface area (Å²) in [6.07, 6.45) is 0.855. The number of hydrogen-bond donors (Lipinski definition) is 1. The molecule has 8 nitrogen and oxygen atoms in total. The van der Waals surface area contributed by atoms with Crippen LogP contribution in [-0.2, 0) is 6.42 Å². The highest BCUT2D eigenvalue weighted by Crippen LogP contribution is 2.36. The molecule has 1 N–H and O–H groups in total. The van der Waals surface area contributed by atoms with Crippen LogP contribution in [0.5, 0.6) is 0 Å². The van der Waals surface area contributed by atoms with Gasteiger partial charge in [0.15, 0.2) is 0 Å². The van der Waals surface area contributed by atoms with Crippen molar-refractivity contribution in [1.82, 2.24) is 0 Å². The van der Waals surface area contributed by atoms with Crippen LogP contribution in [0.15, 0.2) is 65.8 Å². The molecule has 0 aliphatic heterocycles. The summed E-state index contributed by atoms with van der Waals surface area (Å²) in [5.74, 6) is 0. The van der Waals surface area contributed by atoms with Gasteiger partial charge in [-0.3, -0.25) is 25.7 Å². The Morgan fingerprint density at radius 3 is 2.45 bits per heavy atom. The minimum atomic E-state index is -0.674. The van der Waals surface area contributed by atoms with Crippen molar-refractivity contribution in [3.63, 3.8) is 0 Å². The van der Waals surface area contributed by atoms with Crippen LogP contribution in [0, 0.1) is 20.2 Å². The lowest BCUT2D eigenvalue weighted by Crippen LogP contribution is -2.03. The first-order valence-electron chi connectivity index (χ1n) is 8.89. The minimum Gasteiger partial charge on any atom is -0.271 e. The Kier molecular flexibility index (Phi) is 4.52. The van der Waals surface area contributed by atoms with E-state index in [-0.39, 0.29) is 11.4 Å². The summed E-state index contributed by atoms with van der Waals surface area (Å²) in [6, 6.07) is 17.8. The molecule has 29 heavy (non-hydrogen) atoms. The first-order chi connectivity index (χ1) is 13.9. The Morgan fingerprint density at radius 1 is 0.931 bits per heavy atom. The molecule has 0 bridgehead atoms. The fourth-order valence-electron chi connectivity index (χ4n) is 3.46. The van der Waals surface area contributed by atoms with Crippen molar-refractivity contribution >= 4 is 22.8 Å². The molecule has 0 aromatic heterocycles. The largest absolute Gasteiger partial charge is 0.301 e. The van der Waals surface area contributed by atoms with Crippen LogP contribution in [-0.4, -0.2) is 15.6 Å². The summed E-state index contributed by atoms with van der Waals surface area (Å²) in [4.78, 5) is 20.7. The molecule has 0 spiro atoms. The molecule has 0 heterocycles. The van der Waals surface area contributed by atoms with Gasteiger partial charge in [-0.2, -0.15) is 5.10 Å². The SMILES string of the molecule is C/C(=N/Nc1ccc([N+](=O)[O-])cc1[N+](=O)[O-])c1ccc2c(c1)Cc1ccccc1-2. The molecule has 0 fully saturated rings. The normalized spacial score (nSPS) is 12.2. The van der Waals surface area contributed by atoms with E-state index in [1.54, 1.807) is 6.92 Å². The lowest BCUT2D eigenvalue weighted by Gasteiger charge is -2.07. The summed E-state index contributed by atoms with van der Waals surface area (Å²) >= 11 is 0. The second-order valence-corrected chi connectivity index (χ2v) is 6.73. The maximum atomic E-state index is 11.2. The monoisotopic (exact) mass is 388 g/mol. The number of fused-ring (bicyclic) bond motifs is 3. The van der Waals surface area contributed by atoms with Crippen LogP contribution in [0.3, 0.4) is 0 Å². The first kappa shape index (κ1) is 18.3. The van der Waals surface area contributed by atoms with Crippen LogP contribution in [0.4, 0.5) is 17.1 Å². The quantitative estimate of drug-likeness (QED) is 0.297. The zero-order valence-corrected chi connectivity index (χ0v) is 15.5. The van der Waals surface area contributed by atoms with Crippen molar-refractivity contribution in [1.29, 1.82) is 0 Å². The van der Waals surface area contributed by atoms with Gasteiger partial charge in [-0.1, -0.05) is 36.4 Å². The fraction of sp³-hybridized carbons (Fsp3) is 0.0952. The molecule has 144 valence electrons. The zero-order chi connectivity index (χ0) is 20.5. The van der Waals surface area contributed by atoms with E-state index in [2.05, 4.69) is 34.8 Å². The number of hydrogen-bond acceptors (Lipinski definition) is 6. The number of non-ortho nitro benzene ring substituents is 1. The molecule has 0 saturated carbocycles. The van der Waals surface area contributed by atoms with Gasteiger partial charge in [0.25, 0.3) is 5.69 Å². The molecule has 4 rings (SSSR count). The molecule has 0 atom stereocenters. The lowest BCUT2D eigenvalue weighted by molar-refractivity contribution is -0.393. The van der Waals surface area contributed by atoms with Crippen LogP contribution < -0.4 is 5.43 Å². The van der Waals surface area contributed by atoms with E-state index in [1.807, 2.05) is 18.2 Å². The van der Waals surface area contributed by atoms with Crippen molar-refractivity contribution < 1.29 is 9.85 Å². The molecule has 0 unspecified atom stereocenters. The van der Waals surface area contributed by atoms with Crippen LogP contribution >= 0.6 is 0 Å². The van der Waals surface area contributed by atoms with E-state index in [0.717, 1.165) is 18.1 Å². The maximum Gasteiger partial charge on any atom is 0.301 e. The predicted molar refractivity (Wildman–Crippen MR) is 110 cm³/mol. The predicted octanol–water partition coefficient (Wildman–Crippen LogP) is 4.91. The molecule has 0 radical (unpaired) electrons. The van der Waals surface area contributed by atoms with Gasteiger partial charge in [0.1, 0.15) is 5.69 Å². The first-order valence-corrected chi connectivity index (χ1v) is 8.89. The smallest absolute Gasteiger partial charge is 0.271 e. The number of nitrogens with one attached hydrogen (secondary N) is 1. The van der Waals surface area contributed by atoms with E-state index in [1.165, 1.54) is 34.4 Å². The van der Waals surface area contributed by atoms with E-state index in [4.69, 9.17) is 0 Å². The number of anilines is 1. The topological polar surface area (TPSA) is 111 Å². The van der Waals surface area contributed by atoms with Crippen LogP contribution in [0.25, 0.3) is 11.1 Å². The Morgan fingerprint density at radius 2 is 1.69 bits per heavy atom. The third-order valence-corrected chi connectivity index (χ3v) is 4.94. The number of nitro groups is 2. The van der Waals surface area contributed by atoms with E-state index in [9.17, 15) is 20.2 Å². The Hall–Kier alpha value is -4.07. The summed E-state index contributed by atoms with van der Waals surface area (Å²) in [6.45, 7) is 1.80. The van der Waals surface area contributed by atoms with E-state index < -0.39 is 15.5 Å². The molecular formula is C21H16N4O4. The molecule has 3 aromatic carbocycles. The summed E-state index contributed by atoms with van der Waals surface area (Å²) in [5, 5.41) is 26.3. The number of hydrazone groups is 1. The molecule has 3 aromatic rings. The molecule has 1 aliphatic carbocycles. The maximum absolute atomic E-state index is 11.2. The third-order valence-electron chi connectivity index (χ3n) is 4.94. The zero-order valence-electron chi connectivity index (χ0n) is 15.5. The van der Waals surface area contributed by atoms with Gasteiger partial charge in [-0.15, -0.1) is 0 Å². The Balaban J connectivity index is 1.60. The summed E-state index contributed by atoms with van der Waals surface area (Å²) in [7, 11) is 0. The van der Waals surface area contributed by atoms with Crippen molar-refractivity contribution in [2.45, 2.75) is 13.3 Å². The fourth-order valence-corrected chi connectivity index (χ4v) is 3.46. The highest BCUT2D eigenvalue weighted by Gasteiger charge is 2.20. The third kappa shape index (κ3) is 3.43. The van der Waals surface area contributed by atoms with Crippen molar-refractivity contribution in [2.75, 3.05) is 5.43 Å².